The highest BCUT2D eigenvalue weighted by Crippen LogP contribution is 2.54. The smallest absolute Gasteiger partial charge is 0.312 e. The Morgan fingerprint density at radius 2 is 1.86 bits per heavy atom. The fraction of sp³-hybridized carbons (Fsp3) is 0.333. The molecule has 196 valence electrons. The number of nitro groups is 1. The van der Waals surface area contributed by atoms with Crippen LogP contribution in [0.3, 0.4) is 0 Å². The Balaban J connectivity index is 1.99. The van der Waals surface area contributed by atoms with Gasteiger partial charge in [0.2, 0.25) is 5.75 Å². The Kier molecular flexibility index (Phi) is 6.15. The molecule has 0 bridgehead atoms. The number of hydrogen-bond donors (Lipinski definition) is 4. The van der Waals surface area contributed by atoms with Crippen molar-refractivity contribution in [2.45, 2.75) is 18.9 Å². The quantitative estimate of drug-likeness (QED) is 0.346. The maximum absolute atomic E-state index is 14.5. The number of carbonyl (C=O) groups excluding carboxylic acids is 2. The first-order valence-electron chi connectivity index (χ1n) is 11.0. The molecule has 0 spiro atoms. The molecule has 13 heteroatoms. The number of halogens is 3. The van der Waals surface area contributed by atoms with Crippen molar-refractivity contribution in [1.29, 1.82) is 0 Å². The molecule has 0 saturated heterocycles. The maximum atomic E-state index is 14.5. The predicted octanol–water partition coefficient (Wildman–Crippen LogP) is 3.28. The zero-order valence-corrected chi connectivity index (χ0v) is 19.6. The van der Waals surface area contributed by atoms with Crippen LogP contribution in [0.5, 0.6) is 5.75 Å². The lowest BCUT2D eigenvalue weighted by atomic mass is 9.58. The van der Waals surface area contributed by atoms with Crippen molar-refractivity contribution in [3.63, 3.8) is 0 Å². The Hall–Kier alpha value is -4.13. The lowest BCUT2D eigenvalue weighted by Crippen LogP contribution is -2.52. The van der Waals surface area contributed by atoms with Crippen LogP contribution in [0, 0.1) is 27.9 Å². The number of aliphatic hydroxyl groups is 2. The number of fused-ring (bicyclic) bond motifs is 3. The standard InChI is InChI=1S/C24H22F3N3O7/c1-7-13-11(18(29(2)3)22(34)14(7)24(28)35)5-8-4-9-10(17(25)23(26)27)6-12(30(36)37)19(31)16(9)21(33)15(8)20(13)32/h6,8,11,13,18,31,33-34H,1,4-5H2,2-3H3,(H2,28,35)/t8?,11?,13?,18-/m0/s1. The summed E-state index contributed by atoms with van der Waals surface area (Å²) in [5.41, 5.74) is 1.67. The number of nitrogens with zero attached hydrogens (tertiary/aromatic N) is 2. The van der Waals surface area contributed by atoms with Gasteiger partial charge in [0.1, 0.15) is 11.5 Å². The van der Waals surface area contributed by atoms with Crippen LogP contribution < -0.4 is 5.73 Å². The van der Waals surface area contributed by atoms with Crippen molar-refractivity contribution in [2.75, 3.05) is 14.1 Å². The van der Waals surface area contributed by atoms with Crippen LogP contribution in [0.2, 0.25) is 0 Å². The summed E-state index contributed by atoms with van der Waals surface area (Å²) in [6.07, 6.45) is -3.04. The van der Waals surface area contributed by atoms with Crippen LogP contribution in [-0.2, 0) is 16.0 Å². The number of aliphatic hydroxyl groups excluding tert-OH is 2. The minimum absolute atomic E-state index is 0.0494. The van der Waals surface area contributed by atoms with Gasteiger partial charge in [-0.3, -0.25) is 24.6 Å². The summed E-state index contributed by atoms with van der Waals surface area (Å²) in [5.74, 6) is -9.00. The van der Waals surface area contributed by atoms with E-state index in [1.807, 2.05) is 0 Å². The molecule has 37 heavy (non-hydrogen) atoms. The molecule has 0 radical (unpaired) electrons. The van der Waals surface area contributed by atoms with E-state index in [2.05, 4.69) is 6.58 Å². The minimum Gasteiger partial charge on any atom is -0.510 e. The molecular weight excluding hydrogens is 499 g/mol. The molecule has 10 nitrogen and oxygen atoms in total. The summed E-state index contributed by atoms with van der Waals surface area (Å²) >= 11 is 0. The van der Waals surface area contributed by atoms with E-state index in [9.17, 15) is 48.2 Å². The number of likely N-dealkylation sites (N-methyl/N-ethyl adjacent to an activating group) is 1. The van der Waals surface area contributed by atoms with Gasteiger partial charge in [0, 0.05) is 17.2 Å². The van der Waals surface area contributed by atoms with Crippen LogP contribution in [-0.4, -0.2) is 57.0 Å². The molecular formula is C24H22F3N3O7. The van der Waals surface area contributed by atoms with E-state index in [0.717, 1.165) is 0 Å². The van der Waals surface area contributed by atoms with Gasteiger partial charge in [-0.15, -0.1) is 0 Å². The molecule has 0 heterocycles. The summed E-state index contributed by atoms with van der Waals surface area (Å²) in [6.45, 7) is 3.77. The number of allylic oxidation sites excluding steroid dienone is 1. The van der Waals surface area contributed by atoms with Gasteiger partial charge in [0.05, 0.1) is 28.0 Å². The van der Waals surface area contributed by atoms with Crippen molar-refractivity contribution >= 4 is 29.0 Å². The maximum Gasteiger partial charge on any atom is 0.312 e. The van der Waals surface area contributed by atoms with Gasteiger partial charge in [0.25, 0.3) is 5.91 Å². The number of amides is 1. The molecule has 1 amide bonds. The second-order valence-electron chi connectivity index (χ2n) is 9.44. The third-order valence-electron chi connectivity index (χ3n) is 7.31. The molecule has 5 N–H and O–H groups in total. The van der Waals surface area contributed by atoms with E-state index >= 15 is 0 Å². The number of benzene rings is 1. The molecule has 3 unspecified atom stereocenters. The van der Waals surface area contributed by atoms with Crippen LogP contribution in [0.15, 0.2) is 41.2 Å². The molecule has 1 fully saturated rings. The molecule has 3 aliphatic carbocycles. The number of rotatable bonds is 4. The summed E-state index contributed by atoms with van der Waals surface area (Å²) < 4.78 is 40.9. The van der Waals surface area contributed by atoms with E-state index < -0.39 is 86.4 Å². The molecule has 1 aromatic carbocycles. The fourth-order valence-corrected chi connectivity index (χ4v) is 5.93. The highest BCUT2D eigenvalue weighted by atomic mass is 19.3. The van der Waals surface area contributed by atoms with Crippen molar-refractivity contribution in [3.05, 3.63) is 68.0 Å². The van der Waals surface area contributed by atoms with E-state index in [1.54, 1.807) is 19.0 Å². The molecule has 3 aliphatic rings. The number of hydrogen-bond acceptors (Lipinski definition) is 8. The number of carbonyl (C=O) groups is 2. The number of primary amides is 1. The molecule has 0 aliphatic heterocycles. The lowest BCUT2D eigenvalue weighted by Gasteiger charge is -2.47. The van der Waals surface area contributed by atoms with E-state index in [-0.39, 0.29) is 35.1 Å². The number of phenolic OH excluding ortho intramolecular Hbond substituents is 1. The second kappa shape index (κ2) is 8.76. The Labute approximate surface area is 207 Å². The molecule has 4 rings (SSSR count). The highest BCUT2D eigenvalue weighted by Gasteiger charge is 2.54. The third kappa shape index (κ3) is 3.68. The summed E-state index contributed by atoms with van der Waals surface area (Å²) in [6, 6.07) is -0.427. The zero-order chi connectivity index (χ0) is 27.7. The lowest BCUT2D eigenvalue weighted by molar-refractivity contribution is -0.385. The van der Waals surface area contributed by atoms with Crippen molar-refractivity contribution in [2.24, 2.45) is 23.5 Å². The summed E-state index contributed by atoms with van der Waals surface area (Å²) in [4.78, 5) is 37.7. The Morgan fingerprint density at radius 1 is 1.24 bits per heavy atom. The van der Waals surface area contributed by atoms with Gasteiger partial charge in [-0.1, -0.05) is 6.58 Å². The van der Waals surface area contributed by atoms with Gasteiger partial charge in [-0.2, -0.15) is 8.78 Å². The molecule has 1 aromatic rings. The molecule has 1 saturated carbocycles. The molecule has 0 aromatic heterocycles. The van der Waals surface area contributed by atoms with Crippen LogP contribution in [0.4, 0.5) is 18.9 Å². The largest absolute Gasteiger partial charge is 0.510 e. The van der Waals surface area contributed by atoms with Crippen molar-refractivity contribution in [1.82, 2.24) is 4.90 Å². The van der Waals surface area contributed by atoms with Crippen molar-refractivity contribution < 1.29 is 43.0 Å². The van der Waals surface area contributed by atoms with E-state index in [0.29, 0.717) is 6.07 Å². The number of aromatic hydroxyl groups is 1. The van der Waals surface area contributed by atoms with E-state index in [1.165, 1.54) is 0 Å². The zero-order valence-electron chi connectivity index (χ0n) is 19.6. The predicted molar refractivity (Wildman–Crippen MR) is 124 cm³/mol. The third-order valence-corrected chi connectivity index (χ3v) is 7.31. The Bertz CT molecular complexity index is 1390. The summed E-state index contributed by atoms with van der Waals surface area (Å²) in [5, 5.41) is 43.9. The average molecular weight is 521 g/mol. The van der Waals surface area contributed by atoms with Gasteiger partial charge >= 0.3 is 11.8 Å². The van der Waals surface area contributed by atoms with Gasteiger partial charge in [-0.25, -0.2) is 4.39 Å². The molecule has 4 atom stereocenters. The fourth-order valence-electron chi connectivity index (χ4n) is 5.93. The number of phenols is 1. The van der Waals surface area contributed by atoms with Gasteiger partial charge < -0.3 is 21.1 Å². The minimum atomic E-state index is -2.76. The van der Waals surface area contributed by atoms with Gasteiger partial charge in [0.15, 0.2) is 11.6 Å². The first-order valence-corrected chi connectivity index (χ1v) is 11.0. The van der Waals surface area contributed by atoms with Crippen LogP contribution in [0.25, 0.3) is 11.6 Å². The monoisotopic (exact) mass is 521 g/mol. The normalized spacial score (nSPS) is 25.0. The second-order valence-corrected chi connectivity index (χ2v) is 9.44. The average Bonchev–Trinajstić information content (AvgIpc) is 2.77. The highest BCUT2D eigenvalue weighted by molar-refractivity contribution is 6.10. The summed E-state index contributed by atoms with van der Waals surface area (Å²) in [7, 11) is 3.18. The van der Waals surface area contributed by atoms with Crippen LogP contribution >= 0.6 is 0 Å². The number of ketones is 1. The first kappa shape index (κ1) is 25.9. The van der Waals surface area contributed by atoms with Gasteiger partial charge in [-0.05, 0) is 49.9 Å². The van der Waals surface area contributed by atoms with Crippen molar-refractivity contribution in [3.8, 4) is 5.75 Å². The Morgan fingerprint density at radius 3 is 2.38 bits per heavy atom. The number of nitrogens with two attached hydrogens (primary N) is 1. The first-order chi connectivity index (χ1) is 17.2. The SMILES string of the molecule is C=C1C(C(N)=O)=C(O)[C@@H](N(C)C)C2CC3Cc4c(C(F)=C(F)F)cc([N+](=O)[O-])c(O)c4C(O)=C3C(=O)C12. The number of Topliss-reactive ketones (excluding diaryl/α,β-unsaturated/α-hetero) is 1. The topological polar surface area (TPSA) is 167 Å². The van der Waals surface area contributed by atoms with Crippen LogP contribution in [0.1, 0.15) is 23.1 Å². The number of nitro benzene ring substituents is 1. The van der Waals surface area contributed by atoms with E-state index in [4.69, 9.17) is 5.73 Å².